The fourth-order valence-electron chi connectivity index (χ4n) is 1.95. The van der Waals surface area contributed by atoms with Crippen molar-refractivity contribution < 1.29 is 9.53 Å². The molecule has 0 bridgehead atoms. The first-order valence-corrected chi connectivity index (χ1v) is 6.86. The number of nitrogens with one attached hydrogen (secondary N) is 1. The van der Waals surface area contributed by atoms with Gasteiger partial charge in [-0.25, -0.2) is 9.78 Å². The molecule has 0 aromatic carbocycles. The number of hydrogen-bond donors (Lipinski definition) is 1. The molecule has 1 N–H and O–H groups in total. The first-order valence-electron chi connectivity index (χ1n) is 6.04. The number of thiophene rings is 1. The zero-order chi connectivity index (χ0) is 14.2. The van der Waals surface area contributed by atoms with E-state index in [-0.39, 0.29) is 11.4 Å². The van der Waals surface area contributed by atoms with Crippen LogP contribution in [0.1, 0.15) is 34.9 Å². The molecular weight excluding hydrogens is 264 g/mol. The van der Waals surface area contributed by atoms with Crippen molar-refractivity contribution in [2.24, 2.45) is 5.92 Å². The standard InChI is InChI=1S/C13H16N2O3S/c1-6(2)5-8-7(3)9-11(16)14-10(13(17)18-4)15-12(9)19-8/h6H,5H2,1-4H3,(H,14,15,16). The topological polar surface area (TPSA) is 72.0 Å². The van der Waals surface area contributed by atoms with Crippen LogP contribution in [0.2, 0.25) is 0 Å². The number of rotatable bonds is 3. The van der Waals surface area contributed by atoms with Crippen LogP contribution in [0.5, 0.6) is 0 Å². The Labute approximate surface area is 114 Å². The third-order valence-electron chi connectivity index (χ3n) is 2.87. The highest BCUT2D eigenvalue weighted by molar-refractivity contribution is 7.18. The summed E-state index contributed by atoms with van der Waals surface area (Å²) in [5.74, 6) is -0.168. The molecule has 2 aromatic heterocycles. The van der Waals surface area contributed by atoms with Gasteiger partial charge >= 0.3 is 5.97 Å². The summed E-state index contributed by atoms with van der Waals surface area (Å²) in [7, 11) is 1.26. The minimum atomic E-state index is -0.629. The lowest BCUT2D eigenvalue weighted by Crippen LogP contribution is -2.16. The van der Waals surface area contributed by atoms with Crippen LogP contribution in [0.3, 0.4) is 0 Å². The van der Waals surface area contributed by atoms with E-state index in [1.165, 1.54) is 18.4 Å². The summed E-state index contributed by atoms with van der Waals surface area (Å²) in [6.07, 6.45) is 0.903. The van der Waals surface area contributed by atoms with Gasteiger partial charge < -0.3 is 9.72 Å². The van der Waals surface area contributed by atoms with Gasteiger partial charge in [0.1, 0.15) is 4.83 Å². The number of aryl methyl sites for hydroxylation is 1. The number of carbonyl (C=O) groups is 1. The zero-order valence-electron chi connectivity index (χ0n) is 11.4. The molecule has 2 heterocycles. The molecule has 102 valence electrons. The molecule has 0 aliphatic carbocycles. The van der Waals surface area contributed by atoms with Gasteiger partial charge in [-0.15, -0.1) is 11.3 Å². The number of aromatic nitrogens is 2. The zero-order valence-corrected chi connectivity index (χ0v) is 12.2. The summed E-state index contributed by atoms with van der Waals surface area (Å²) in [4.78, 5) is 31.9. The molecule has 0 radical (unpaired) electrons. The van der Waals surface area contributed by atoms with Crippen molar-refractivity contribution in [1.82, 2.24) is 9.97 Å². The molecule has 19 heavy (non-hydrogen) atoms. The highest BCUT2D eigenvalue weighted by Gasteiger charge is 2.17. The average Bonchev–Trinajstić information content (AvgIpc) is 2.64. The number of fused-ring (bicyclic) bond motifs is 1. The van der Waals surface area contributed by atoms with Gasteiger partial charge in [-0.05, 0) is 24.8 Å². The quantitative estimate of drug-likeness (QED) is 0.875. The molecule has 0 aliphatic heterocycles. The second kappa shape index (κ2) is 5.13. The van der Waals surface area contributed by atoms with E-state index >= 15 is 0 Å². The summed E-state index contributed by atoms with van der Waals surface area (Å²) in [5, 5.41) is 0.577. The Balaban J connectivity index is 2.63. The van der Waals surface area contributed by atoms with Crippen LogP contribution < -0.4 is 5.56 Å². The molecule has 5 nitrogen and oxygen atoms in total. The fourth-order valence-corrected chi connectivity index (χ4v) is 3.34. The molecule has 0 saturated heterocycles. The maximum atomic E-state index is 12.0. The Morgan fingerprint density at radius 1 is 1.47 bits per heavy atom. The maximum Gasteiger partial charge on any atom is 0.374 e. The van der Waals surface area contributed by atoms with Crippen LogP contribution in [0, 0.1) is 12.8 Å². The summed E-state index contributed by atoms with van der Waals surface area (Å²) in [6.45, 7) is 6.17. The highest BCUT2D eigenvalue weighted by Crippen LogP contribution is 2.28. The molecule has 0 unspecified atom stereocenters. The first-order chi connectivity index (χ1) is 8.93. The fraction of sp³-hybridized carbons (Fsp3) is 0.462. The third kappa shape index (κ3) is 2.53. The first kappa shape index (κ1) is 13.7. The van der Waals surface area contributed by atoms with Crippen molar-refractivity contribution in [2.45, 2.75) is 27.2 Å². The van der Waals surface area contributed by atoms with E-state index in [0.717, 1.165) is 16.9 Å². The van der Waals surface area contributed by atoms with E-state index in [9.17, 15) is 9.59 Å². The third-order valence-corrected chi connectivity index (χ3v) is 4.08. The number of ether oxygens (including phenoxy) is 1. The predicted molar refractivity (Wildman–Crippen MR) is 74.9 cm³/mol. The molecule has 2 aromatic rings. The largest absolute Gasteiger partial charge is 0.463 e. The lowest BCUT2D eigenvalue weighted by Gasteiger charge is -2.02. The molecule has 6 heteroatoms. The number of H-pyrrole nitrogens is 1. The summed E-state index contributed by atoms with van der Waals surface area (Å²) < 4.78 is 4.57. The number of methoxy groups -OCH3 is 1. The number of hydrogen-bond acceptors (Lipinski definition) is 5. The van der Waals surface area contributed by atoms with Crippen LogP contribution in [0.4, 0.5) is 0 Å². The number of aromatic amines is 1. The van der Waals surface area contributed by atoms with E-state index in [1.54, 1.807) is 0 Å². The van der Waals surface area contributed by atoms with Crippen molar-refractivity contribution in [3.63, 3.8) is 0 Å². The minimum Gasteiger partial charge on any atom is -0.463 e. The second-order valence-corrected chi connectivity index (χ2v) is 5.92. The Morgan fingerprint density at radius 2 is 2.16 bits per heavy atom. The van der Waals surface area contributed by atoms with Crippen molar-refractivity contribution in [2.75, 3.05) is 7.11 Å². The molecule has 0 amide bonds. The SMILES string of the molecule is COC(=O)c1nc2sc(CC(C)C)c(C)c2c(=O)[nH]1. The van der Waals surface area contributed by atoms with Crippen molar-refractivity contribution in [1.29, 1.82) is 0 Å². The molecule has 0 atom stereocenters. The van der Waals surface area contributed by atoms with Crippen LogP contribution in [0.25, 0.3) is 10.2 Å². The van der Waals surface area contributed by atoms with Crippen molar-refractivity contribution in [3.05, 3.63) is 26.6 Å². The van der Waals surface area contributed by atoms with Gasteiger partial charge in [0.15, 0.2) is 0 Å². The van der Waals surface area contributed by atoms with E-state index < -0.39 is 5.97 Å². The average molecular weight is 280 g/mol. The Hall–Kier alpha value is -1.69. The Bertz CT molecular complexity index is 685. The van der Waals surface area contributed by atoms with Crippen molar-refractivity contribution >= 4 is 27.5 Å². The van der Waals surface area contributed by atoms with Crippen molar-refractivity contribution in [3.8, 4) is 0 Å². The van der Waals surface area contributed by atoms with Gasteiger partial charge in [0, 0.05) is 4.88 Å². The normalized spacial score (nSPS) is 11.2. The van der Waals surface area contributed by atoms with Crippen LogP contribution in [0.15, 0.2) is 4.79 Å². The Kier molecular flexibility index (Phi) is 3.71. The number of esters is 1. The molecule has 2 rings (SSSR count). The van der Waals surface area contributed by atoms with Crippen LogP contribution in [-0.2, 0) is 11.2 Å². The number of nitrogens with zero attached hydrogens (tertiary/aromatic N) is 1. The lowest BCUT2D eigenvalue weighted by molar-refractivity contribution is 0.0587. The van der Waals surface area contributed by atoms with Crippen LogP contribution >= 0.6 is 11.3 Å². The van der Waals surface area contributed by atoms with Crippen LogP contribution in [-0.4, -0.2) is 23.0 Å². The molecule has 0 saturated carbocycles. The second-order valence-electron chi connectivity index (χ2n) is 4.83. The smallest absolute Gasteiger partial charge is 0.374 e. The summed E-state index contributed by atoms with van der Waals surface area (Å²) in [6, 6.07) is 0. The van der Waals surface area contributed by atoms with Gasteiger partial charge in [-0.1, -0.05) is 13.8 Å². The van der Waals surface area contributed by atoms with Gasteiger partial charge in [-0.3, -0.25) is 4.79 Å². The van der Waals surface area contributed by atoms with Gasteiger partial charge in [0.2, 0.25) is 5.82 Å². The van der Waals surface area contributed by atoms with E-state index in [1.807, 2.05) is 6.92 Å². The highest BCUT2D eigenvalue weighted by atomic mass is 32.1. The summed E-state index contributed by atoms with van der Waals surface area (Å²) >= 11 is 1.47. The van der Waals surface area contributed by atoms with E-state index in [4.69, 9.17) is 0 Å². The maximum absolute atomic E-state index is 12.0. The minimum absolute atomic E-state index is 0.0441. The number of carbonyl (C=O) groups excluding carboxylic acids is 1. The molecule has 0 aliphatic rings. The van der Waals surface area contributed by atoms with E-state index in [2.05, 4.69) is 28.6 Å². The Morgan fingerprint density at radius 3 is 2.74 bits per heavy atom. The van der Waals surface area contributed by atoms with E-state index in [0.29, 0.717) is 16.1 Å². The van der Waals surface area contributed by atoms with Gasteiger partial charge in [0.05, 0.1) is 12.5 Å². The lowest BCUT2D eigenvalue weighted by atomic mass is 10.1. The monoisotopic (exact) mass is 280 g/mol. The molecule has 0 fully saturated rings. The molecular formula is C13H16N2O3S. The summed E-state index contributed by atoms with van der Waals surface area (Å²) in [5.41, 5.74) is 0.674. The van der Waals surface area contributed by atoms with Gasteiger partial charge in [0.25, 0.3) is 5.56 Å². The molecule has 0 spiro atoms. The predicted octanol–water partition coefficient (Wildman–Crippen LogP) is 2.28. The van der Waals surface area contributed by atoms with Gasteiger partial charge in [-0.2, -0.15) is 0 Å².